The van der Waals surface area contributed by atoms with Gasteiger partial charge in [0.1, 0.15) is 18.2 Å². The molecule has 22 heavy (non-hydrogen) atoms. The number of likely N-dealkylation sites (tertiary alicyclic amines) is 1. The lowest BCUT2D eigenvalue weighted by Crippen LogP contribution is -2.41. The first-order valence-electron chi connectivity index (χ1n) is 7.84. The summed E-state index contributed by atoms with van der Waals surface area (Å²) in [5, 5.41) is 4.08. The second-order valence-electron chi connectivity index (χ2n) is 6.25. The van der Waals surface area contributed by atoms with E-state index in [0.717, 1.165) is 43.2 Å². The molecule has 0 unspecified atom stereocenters. The number of aromatic nitrogens is 3. The second kappa shape index (κ2) is 5.78. The van der Waals surface area contributed by atoms with Gasteiger partial charge in [0.2, 0.25) is 0 Å². The molecule has 2 aliphatic rings. The van der Waals surface area contributed by atoms with Gasteiger partial charge in [0, 0.05) is 25.4 Å². The highest BCUT2D eigenvalue weighted by molar-refractivity contribution is 5.07. The first-order valence-corrected chi connectivity index (χ1v) is 7.84. The third kappa shape index (κ3) is 2.76. The monoisotopic (exact) mass is 300 g/mol. The Morgan fingerprint density at radius 1 is 1.41 bits per heavy atom. The van der Waals surface area contributed by atoms with Crippen molar-refractivity contribution in [3.63, 3.8) is 0 Å². The molecule has 2 aliphatic heterocycles. The lowest BCUT2D eigenvalue weighted by Gasteiger charge is -2.33. The van der Waals surface area contributed by atoms with Gasteiger partial charge in [-0.05, 0) is 38.3 Å². The summed E-state index contributed by atoms with van der Waals surface area (Å²) in [7, 11) is 0. The molecule has 0 spiro atoms. The Kier molecular flexibility index (Phi) is 3.63. The van der Waals surface area contributed by atoms with Crippen LogP contribution in [0.25, 0.3) is 0 Å². The number of fused-ring (bicyclic) bond motifs is 1. The highest BCUT2D eigenvalue weighted by Crippen LogP contribution is 2.40. The molecule has 0 bridgehead atoms. The Morgan fingerprint density at radius 3 is 3.14 bits per heavy atom. The van der Waals surface area contributed by atoms with Crippen LogP contribution in [-0.2, 0) is 11.3 Å². The van der Waals surface area contributed by atoms with E-state index in [0.29, 0.717) is 12.0 Å². The number of rotatable bonds is 3. The molecule has 0 N–H and O–H groups in total. The van der Waals surface area contributed by atoms with E-state index in [1.807, 2.05) is 19.1 Å². The van der Waals surface area contributed by atoms with E-state index in [4.69, 9.17) is 9.26 Å². The molecule has 0 saturated carbocycles. The summed E-state index contributed by atoms with van der Waals surface area (Å²) in [6.45, 7) is 4.81. The minimum atomic E-state index is 0.118. The van der Waals surface area contributed by atoms with Crippen LogP contribution in [0.4, 0.5) is 0 Å². The SMILES string of the molecule is Cc1cc(CN2CC[C@@H]3C[C@H](c4ccncn4)O[C@H]3C2)no1. The van der Waals surface area contributed by atoms with Gasteiger partial charge in [-0.15, -0.1) is 0 Å². The molecule has 4 heterocycles. The van der Waals surface area contributed by atoms with Gasteiger partial charge in [-0.25, -0.2) is 9.97 Å². The molecular weight excluding hydrogens is 280 g/mol. The molecule has 2 saturated heterocycles. The topological polar surface area (TPSA) is 64.3 Å². The highest BCUT2D eigenvalue weighted by atomic mass is 16.5. The number of hydrogen-bond acceptors (Lipinski definition) is 6. The van der Waals surface area contributed by atoms with Gasteiger partial charge in [-0.3, -0.25) is 4.90 Å². The van der Waals surface area contributed by atoms with E-state index in [1.165, 1.54) is 6.42 Å². The van der Waals surface area contributed by atoms with Crippen molar-refractivity contribution in [1.29, 1.82) is 0 Å². The van der Waals surface area contributed by atoms with Gasteiger partial charge >= 0.3 is 0 Å². The van der Waals surface area contributed by atoms with Crippen molar-refractivity contribution in [2.45, 2.75) is 38.5 Å². The van der Waals surface area contributed by atoms with Gasteiger partial charge in [0.15, 0.2) is 0 Å². The molecule has 6 heteroatoms. The minimum Gasteiger partial charge on any atom is -0.367 e. The molecule has 2 aromatic rings. The molecule has 2 fully saturated rings. The van der Waals surface area contributed by atoms with E-state index >= 15 is 0 Å². The maximum absolute atomic E-state index is 6.25. The van der Waals surface area contributed by atoms with Gasteiger partial charge in [0.25, 0.3) is 0 Å². The first kappa shape index (κ1) is 13.8. The average Bonchev–Trinajstić information content (AvgIpc) is 3.14. The van der Waals surface area contributed by atoms with E-state index in [2.05, 4.69) is 20.0 Å². The van der Waals surface area contributed by atoms with Crippen molar-refractivity contribution in [2.75, 3.05) is 13.1 Å². The number of ether oxygens (including phenoxy) is 1. The lowest BCUT2D eigenvalue weighted by molar-refractivity contribution is -0.0111. The first-order chi connectivity index (χ1) is 10.8. The predicted octanol–water partition coefficient (Wildman–Crippen LogP) is 2.13. The third-order valence-corrected chi connectivity index (χ3v) is 4.63. The Hall–Kier alpha value is -1.79. The van der Waals surface area contributed by atoms with Crippen LogP contribution < -0.4 is 0 Å². The van der Waals surface area contributed by atoms with E-state index < -0.39 is 0 Å². The van der Waals surface area contributed by atoms with E-state index in [9.17, 15) is 0 Å². The number of nitrogens with zero attached hydrogens (tertiary/aromatic N) is 4. The van der Waals surface area contributed by atoms with Crippen molar-refractivity contribution in [1.82, 2.24) is 20.0 Å². The van der Waals surface area contributed by atoms with Crippen LogP contribution in [0.2, 0.25) is 0 Å². The Morgan fingerprint density at radius 2 is 2.36 bits per heavy atom. The fourth-order valence-electron chi connectivity index (χ4n) is 3.54. The molecule has 4 rings (SSSR count). The fraction of sp³-hybridized carbons (Fsp3) is 0.562. The van der Waals surface area contributed by atoms with E-state index in [1.54, 1.807) is 12.5 Å². The Balaban J connectivity index is 1.39. The van der Waals surface area contributed by atoms with Gasteiger partial charge in [-0.2, -0.15) is 0 Å². The van der Waals surface area contributed by atoms with Crippen LogP contribution in [0.5, 0.6) is 0 Å². The number of hydrogen-bond donors (Lipinski definition) is 0. The fourth-order valence-corrected chi connectivity index (χ4v) is 3.54. The van der Waals surface area contributed by atoms with Gasteiger partial charge < -0.3 is 9.26 Å². The van der Waals surface area contributed by atoms with Crippen LogP contribution >= 0.6 is 0 Å². The van der Waals surface area contributed by atoms with E-state index in [-0.39, 0.29) is 6.10 Å². The summed E-state index contributed by atoms with van der Waals surface area (Å²) in [4.78, 5) is 10.7. The molecule has 0 radical (unpaired) electrons. The van der Waals surface area contributed by atoms with Crippen LogP contribution in [0, 0.1) is 12.8 Å². The Labute approximate surface area is 129 Å². The molecule has 0 amide bonds. The van der Waals surface area contributed by atoms with Crippen LogP contribution in [0.15, 0.2) is 29.2 Å². The van der Waals surface area contributed by atoms with Crippen molar-refractivity contribution in [3.8, 4) is 0 Å². The predicted molar refractivity (Wildman–Crippen MR) is 78.9 cm³/mol. The van der Waals surface area contributed by atoms with Crippen molar-refractivity contribution in [3.05, 3.63) is 41.8 Å². The van der Waals surface area contributed by atoms with Crippen molar-refractivity contribution >= 4 is 0 Å². The summed E-state index contributed by atoms with van der Waals surface area (Å²) in [5.74, 6) is 1.50. The smallest absolute Gasteiger partial charge is 0.133 e. The standard InChI is InChI=1S/C16H20N4O2/c1-11-6-13(19-22-11)8-20-5-3-12-7-15(21-16(12)9-20)14-2-4-17-10-18-14/h2,4,6,10,12,15-16H,3,5,7-9H2,1H3/t12-,15-,16+/m1/s1. The second-order valence-corrected chi connectivity index (χ2v) is 6.25. The number of piperidine rings is 1. The quantitative estimate of drug-likeness (QED) is 0.865. The normalized spacial score (nSPS) is 28.7. The van der Waals surface area contributed by atoms with Gasteiger partial charge in [-0.1, -0.05) is 5.16 Å². The molecule has 116 valence electrons. The number of aryl methyl sites for hydroxylation is 1. The molecule has 3 atom stereocenters. The van der Waals surface area contributed by atoms with Crippen LogP contribution in [-0.4, -0.2) is 39.2 Å². The third-order valence-electron chi connectivity index (χ3n) is 4.63. The summed E-state index contributed by atoms with van der Waals surface area (Å²) in [6.07, 6.45) is 6.03. The summed E-state index contributed by atoms with van der Waals surface area (Å²) < 4.78 is 11.4. The maximum Gasteiger partial charge on any atom is 0.133 e. The van der Waals surface area contributed by atoms with Crippen LogP contribution in [0.1, 0.15) is 36.1 Å². The minimum absolute atomic E-state index is 0.118. The summed E-state index contributed by atoms with van der Waals surface area (Å²) >= 11 is 0. The molecule has 0 aromatic carbocycles. The molecule has 0 aliphatic carbocycles. The lowest BCUT2D eigenvalue weighted by atomic mass is 9.91. The summed E-state index contributed by atoms with van der Waals surface area (Å²) in [5.41, 5.74) is 2.00. The average molecular weight is 300 g/mol. The zero-order chi connectivity index (χ0) is 14.9. The van der Waals surface area contributed by atoms with Crippen LogP contribution in [0.3, 0.4) is 0 Å². The van der Waals surface area contributed by atoms with Crippen molar-refractivity contribution in [2.24, 2.45) is 5.92 Å². The highest BCUT2D eigenvalue weighted by Gasteiger charge is 2.40. The summed E-state index contributed by atoms with van der Waals surface area (Å²) in [6, 6.07) is 3.96. The molecule has 2 aromatic heterocycles. The molecular formula is C16H20N4O2. The zero-order valence-corrected chi connectivity index (χ0v) is 12.7. The van der Waals surface area contributed by atoms with Gasteiger partial charge in [0.05, 0.1) is 17.5 Å². The largest absolute Gasteiger partial charge is 0.367 e. The Bertz CT molecular complexity index is 630. The maximum atomic E-state index is 6.25. The molecule has 6 nitrogen and oxygen atoms in total. The van der Waals surface area contributed by atoms with Crippen molar-refractivity contribution < 1.29 is 9.26 Å². The zero-order valence-electron chi connectivity index (χ0n) is 12.7.